The second-order valence-corrected chi connectivity index (χ2v) is 5.68. The van der Waals surface area contributed by atoms with Gasteiger partial charge in [0.1, 0.15) is 11.5 Å². The Morgan fingerprint density at radius 2 is 1.75 bits per heavy atom. The van der Waals surface area contributed by atoms with Gasteiger partial charge in [0.05, 0.1) is 14.2 Å². The first-order valence-corrected chi connectivity index (χ1v) is 7.72. The molecule has 1 saturated carbocycles. The standard InChI is InChI=1S/C17H27NO2/c1-13(18-14-8-6-4-5-7-9-14)16-12-15(19-2)10-11-17(16)20-3/h10-14,18H,4-9H2,1-3H3. The molecule has 0 aliphatic heterocycles. The zero-order valence-corrected chi connectivity index (χ0v) is 12.9. The molecule has 1 aromatic rings. The first kappa shape index (κ1) is 15.2. The first-order valence-electron chi connectivity index (χ1n) is 7.72. The normalized spacial score (nSPS) is 18.4. The summed E-state index contributed by atoms with van der Waals surface area (Å²) in [5.74, 6) is 1.81. The molecule has 1 fully saturated rings. The molecule has 0 amide bonds. The monoisotopic (exact) mass is 277 g/mol. The minimum Gasteiger partial charge on any atom is -0.497 e. The Morgan fingerprint density at radius 3 is 2.35 bits per heavy atom. The second-order valence-electron chi connectivity index (χ2n) is 5.68. The van der Waals surface area contributed by atoms with Gasteiger partial charge in [-0.2, -0.15) is 0 Å². The first-order chi connectivity index (χ1) is 9.74. The average molecular weight is 277 g/mol. The smallest absolute Gasteiger partial charge is 0.123 e. The van der Waals surface area contributed by atoms with Crippen molar-refractivity contribution in [2.75, 3.05) is 14.2 Å². The van der Waals surface area contributed by atoms with E-state index >= 15 is 0 Å². The van der Waals surface area contributed by atoms with Crippen molar-refractivity contribution in [3.63, 3.8) is 0 Å². The molecule has 1 N–H and O–H groups in total. The van der Waals surface area contributed by atoms with Crippen molar-refractivity contribution in [2.45, 2.75) is 57.5 Å². The van der Waals surface area contributed by atoms with Crippen molar-refractivity contribution in [3.8, 4) is 11.5 Å². The Labute approximate surface area is 122 Å². The molecule has 0 aromatic heterocycles. The summed E-state index contributed by atoms with van der Waals surface area (Å²) in [6.07, 6.45) is 8.04. The summed E-state index contributed by atoms with van der Waals surface area (Å²) in [6, 6.07) is 6.92. The molecule has 0 saturated heterocycles. The number of rotatable bonds is 5. The molecule has 0 bridgehead atoms. The molecule has 112 valence electrons. The number of ether oxygens (including phenoxy) is 2. The largest absolute Gasteiger partial charge is 0.497 e. The highest BCUT2D eigenvalue weighted by Gasteiger charge is 2.18. The van der Waals surface area contributed by atoms with E-state index in [4.69, 9.17) is 9.47 Å². The molecule has 3 heteroatoms. The fourth-order valence-electron chi connectivity index (χ4n) is 3.07. The zero-order chi connectivity index (χ0) is 14.4. The van der Waals surface area contributed by atoms with Gasteiger partial charge in [0.25, 0.3) is 0 Å². The van der Waals surface area contributed by atoms with Gasteiger partial charge in [0, 0.05) is 17.6 Å². The van der Waals surface area contributed by atoms with E-state index in [0.717, 1.165) is 11.5 Å². The van der Waals surface area contributed by atoms with Crippen LogP contribution in [0.4, 0.5) is 0 Å². The summed E-state index contributed by atoms with van der Waals surface area (Å²) < 4.78 is 10.8. The van der Waals surface area contributed by atoms with E-state index in [2.05, 4.69) is 18.3 Å². The van der Waals surface area contributed by atoms with Crippen molar-refractivity contribution in [1.82, 2.24) is 5.32 Å². The van der Waals surface area contributed by atoms with Crippen LogP contribution >= 0.6 is 0 Å². The molecule has 0 spiro atoms. The van der Waals surface area contributed by atoms with Crippen LogP contribution in [0.1, 0.15) is 57.1 Å². The van der Waals surface area contributed by atoms with Crippen LogP contribution in [0.3, 0.4) is 0 Å². The van der Waals surface area contributed by atoms with Gasteiger partial charge in [-0.1, -0.05) is 25.7 Å². The van der Waals surface area contributed by atoms with Crippen molar-refractivity contribution in [3.05, 3.63) is 23.8 Å². The second kappa shape index (κ2) is 7.53. The maximum absolute atomic E-state index is 5.48. The van der Waals surface area contributed by atoms with Gasteiger partial charge < -0.3 is 14.8 Å². The molecule has 1 unspecified atom stereocenters. The van der Waals surface area contributed by atoms with Crippen LogP contribution < -0.4 is 14.8 Å². The Morgan fingerprint density at radius 1 is 1.05 bits per heavy atom. The summed E-state index contributed by atoms with van der Waals surface area (Å²) in [4.78, 5) is 0. The van der Waals surface area contributed by atoms with Crippen molar-refractivity contribution in [1.29, 1.82) is 0 Å². The maximum Gasteiger partial charge on any atom is 0.123 e. The lowest BCUT2D eigenvalue weighted by Crippen LogP contribution is -2.31. The van der Waals surface area contributed by atoms with Crippen LogP contribution in [0.5, 0.6) is 11.5 Å². The predicted molar refractivity (Wildman–Crippen MR) is 82.6 cm³/mol. The van der Waals surface area contributed by atoms with Gasteiger partial charge in [-0.15, -0.1) is 0 Å². The lowest BCUT2D eigenvalue weighted by atomic mass is 10.0. The lowest BCUT2D eigenvalue weighted by Gasteiger charge is -2.24. The third-order valence-corrected chi connectivity index (χ3v) is 4.24. The van der Waals surface area contributed by atoms with Crippen LogP contribution in [0, 0.1) is 0 Å². The fraction of sp³-hybridized carbons (Fsp3) is 0.647. The Balaban J connectivity index is 2.08. The maximum atomic E-state index is 5.48. The third kappa shape index (κ3) is 3.89. The number of hydrogen-bond donors (Lipinski definition) is 1. The van der Waals surface area contributed by atoms with Gasteiger partial charge in [-0.05, 0) is 38.0 Å². The molecular formula is C17H27NO2. The van der Waals surface area contributed by atoms with Crippen molar-refractivity contribution >= 4 is 0 Å². The third-order valence-electron chi connectivity index (χ3n) is 4.24. The van der Waals surface area contributed by atoms with Gasteiger partial charge in [-0.3, -0.25) is 0 Å². The van der Waals surface area contributed by atoms with Gasteiger partial charge >= 0.3 is 0 Å². The van der Waals surface area contributed by atoms with E-state index in [1.807, 2.05) is 12.1 Å². The topological polar surface area (TPSA) is 30.5 Å². The summed E-state index contributed by atoms with van der Waals surface area (Å²) in [5, 5.41) is 3.77. The van der Waals surface area contributed by atoms with Gasteiger partial charge in [0.2, 0.25) is 0 Å². The van der Waals surface area contributed by atoms with Crippen molar-refractivity contribution in [2.24, 2.45) is 0 Å². The lowest BCUT2D eigenvalue weighted by molar-refractivity contribution is 0.375. The van der Waals surface area contributed by atoms with E-state index in [1.165, 1.54) is 44.1 Å². The van der Waals surface area contributed by atoms with E-state index in [-0.39, 0.29) is 6.04 Å². The minimum atomic E-state index is 0.281. The number of hydrogen-bond acceptors (Lipinski definition) is 3. The number of nitrogens with one attached hydrogen (secondary N) is 1. The van der Waals surface area contributed by atoms with Crippen LogP contribution in [0.15, 0.2) is 18.2 Å². The summed E-state index contributed by atoms with van der Waals surface area (Å²) in [5.41, 5.74) is 1.18. The molecule has 0 heterocycles. The molecule has 1 aromatic carbocycles. The van der Waals surface area contributed by atoms with Crippen LogP contribution in [-0.4, -0.2) is 20.3 Å². The summed E-state index contributed by atoms with van der Waals surface area (Å²) in [6.45, 7) is 2.21. The van der Waals surface area contributed by atoms with Crippen LogP contribution in [0.25, 0.3) is 0 Å². The van der Waals surface area contributed by atoms with Gasteiger partial charge in [-0.25, -0.2) is 0 Å². The molecule has 3 nitrogen and oxygen atoms in total. The minimum absolute atomic E-state index is 0.281. The zero-order valence-electron chi connectivity index (χ0n) is 12.9. The van der Waals surface area contributed by atoms with Crippen LogP contribution in [0.2, 0.25) is 0 Å². The molecule has 0 radical (unpaired) electrons. The summed E-state index contributed by atoms with van der Waals surface area (Å²) in [7, 11) is 3.43. The Hall–Kier alpha value is -1.22. The highest BCUT2D eigenvalue weighted by Crippen LogP contribution is 2.30. The molecular weight excluding hydrogens is 250 g/mol. The van der Waals surface area contributed by atoms with Crippen molar-refractivity contribution < 1.29 is 9.47 Å². The van der Waals surface area contributed by atoms with E-state index < -0.39 is 0 Å². The molecule has 2 rings (SSSR count). The number of benzene rings is 1. The fourth-order valence-corrected chi connectivity index (χ4v) is 3.07. The predicted octanol–water partition coefficient (Wildman–Crippen LogP) is 4.08. The Kier molecular flexibility index (Phi) is 5.72. The molecule has 1 aliphatic carbocycles. The van der Waals surface area contributed by atoms with E-state index in [1.54, 1.807) is 14.2 Å². The van der Waals surface area contributed by atoms with Crippen LogP contribution in [-0.2, 0) is 0 Å². The highest BCUT2D eigenvalue weighted by atomic mass is 16.5. The molecule has 1 atom stereocenters. The Bertz CT molecular complexity index is 411. The molecule has 1 aliphatic rings. The average Bonchev–Trinajstić information content (AvgIpc) is 2.75. The quantitative estimate of drug-likeness (QED) is 0.823. The highest BCUT2D eigenvalue weighted by molar-refractivity contribution is 5.42. The molecule has 20 heavy (non-hydrogen) atoms. The SMILES string of the molecule is COc1ccc(OC)c(C(C)NC2CCCCCC2)c1. The van der Waals surface area contributed by atoms with E-state index in [9.17, 15) is 0 Å². The number of methoxy groups -OCH3 is 2. The summed E-state index contributed by atoms with van der Waals surface area (Å²) >= 11 is 0. The van der Waals surface area contributed by atoms with E-state index in [0.29, 0.717) is 6.04 Å². The van der Waals surface area contributed by atoms with Gasteiger partial charge in [0.15, 0.2) is 0 Å².